The van der Waals surface area contributed by atoms with E-state index in [1.165, 1.54) is 38.9 Å². The van der Waals surface area contributed by atoms with Gasteiger partial charge in [0.2, 0.25) is 11.8 Å². The molecule has 4 rings (SSSR count). The number of aromatic nitrogens is 4. The average molecular weight is 647 g/mol. The highest BCUT2D eigenvalue weighted by Crippen LogP contribution is 2.57. The molecule has 4 heterocycles. The summed E-state index contributed by atoms with van der Waals surface area (Å²) in [5.74, 6) is -1.46. The third-order valence-corrected chi connectivity index (χ3v) is 10.9. The highest BCUT2D eigenvalue weighted by molar-refractivity contribution is 8.56. The second-order valence-corrected chi connectivity index (χ2v) is 14.8. The van der Waals surface area contributed by atoms with Gasteiger partial charge in [-0.3, -0.25) is 24.0 Å². The molecule has 0 aliphatic carbocycles. The summed E-state index contributed by atoms with van der Waals surface area (Å²) < 4.78 is 37.5. The molecule has 2 unspecified atom stereocenters. The van der Waals surface area contributed by atoms with Gasteiger partial charge in [0.25, 0.3) is 5.91 Å². The maximum atomic E-state index is 14.0. The molecule has 2 fully saturated rings. The van der Waals surface area contributed by atoms with Gasteiger partial charge in [0, 0.05) is 12.8 Å². The van der Waals surface area contributed by atoms with Gasteiger partial charge in [0.15, 0.2) is 17.4 Å². The number of methoxy groups -OCH3 is 1. The van der Waals surface area contributed by atoms with Crippen LogP contribution in [0.3, 0.4) is 0 Å². The molecular formula is C23H35N8O10PS. The van der Waals surface area contributed by atoms with Gasteiger partial charge in [-0.25, -0.2) is 14.9 Å². The molecule has 0 spiro atoms. The van der Waals surface area contributed by atoms with Crippen LogP contribution in [0.25, 0.3) is 11.2 Å². The zero-order valence-electron chi connectivity index (χ0n) is 24.3. The second-order valence-electron chi connectivity index (χ2n) is 10.5. The number of nitrogens with zero attached hydrogens (tertiary/aromatic N) is 5. The maximum Gasteiger partial charge on any atom is 0.327 e. The molecule has 0 saturated carbocycles. The lowest BCUT2D eigenvalue weighted by Gasteiger charge is -2.27. The van der Waals surface area contributed by atoms with Gasteiger partial charge in [0.1, 0.15) is 29.9 Å². The van der Waals surface area contributed by atoms with Gasteiger partial charge in [-0.1, -0.05) is 11.4 Å². The van der Waals surface area contributed by atoms with Crippen molar-refractivity contribution >= 4 is 53.1 Å². The number of nitrogens with two attached hydrogens (primary N) is 1. The Bertz CT molecular complexity index is 1440. The lowest BCUT2D eigenvalue weighted by molar-refractivity contribution is -0.149. The predicted octanol–water partition coefficient (Wildman–Crippen LogP) is -0.236. The van der Waals surface area contributed by atoms with Crippen molar-refractivity contribution in [3.8, 4) is 5.88 Å². The Morgan fingerprint density at radius 2 is 2.05 bits per heavy atom. The lowest BCUT2D eigenvalue weighted by atomic mass is 9.96. The number of aliphatic hydroxyl groups is 2. The zero-order chi connectivity index (χ0) is 31.9. The number of nitrogens with one attached hydrogen (secondary N) is 2. The van der Waals surface area contributed by atoms with E-state index in [2.05, 4.69) is 25.4 Å². The number of amides is 3. The summed E-state index contributed by atoms with van der Waals surface area (Å²) in [6.07, 6.45) is -3.16. The number of anilines is 1. The number of imide groups is 1. The molecule has 20 heteroatoms. The molecule has 2 aromatic heterocycles. The van der Waals surface area contributed by atoms with Gasteiger partial charge in [-0.2, -0.15) is 9.97 Å². The first-order valence-electron chi connectivity index (χ1n) is 13.1. The Balaban J connectivity index is 1.54. The van der Waals surface area contributed by atoms with Crippen LogP contribution in [0.2, 0.25) is 0 Å². The molecular weight excluding hydrogens is 611 g/mol. The molecule has 238 valence electrons. The SMILES string of the molecule is COc1nc(N)nc2c1ncn2C1O[C@H](CO[P@](=O)(N[C@@H](C)C(=O)OC(C)C)SCC2C(=O)NC(=O)N2C)[C@@H](O)[C@@]1(C)O. The van der Waals surface area contributed by atoms with Crippen molar-refractivity contribution in [1.82, 2.24) is 34.8 Å². The first-order chi connectivity index (χ1) is 20.1. The molecule has 0 bridgehead atoms. The van der Waals surface area contributed by atoms with Crippen molar-refractivity contribution < 1.29 is 47.9 Å². The standard InChI is InChI=1S/C23H35N8O10PS/c1-10(2)40-19(34)11(3)29-42(37,43-8-12-17(33)27-22(35)30(12)5)39-7-13-15(32)23(4,36)20(41-13)31-9-25-14-16(31)26-21(24)28-18(14)38-6/h9-13,15,20,32,36H,7-8H2,1-6H3,(H,29,37)(H2,24,26,28)(H,27,33,35)/t11-,12?,13+,15+,20?,23+,42+/m0/s1. The summed E-state index contributed by atoms with van der Waals surface area (Å²) in [5, 5.41) is 27.1. The predicted molar refractivity (Wildman–Crippen MR) is 152 cm³/mol. The molecule has 2 aliphatic rings. The highest BCUT2D eigenvalue weighted by Gasteiger charge is 2.54. The molecule has 2 saturated heterocycles. The van der Waals surface area contributed by atoms with E-state index in [1.807, 2.05) is 0 Å². The number of carbonyl (C=O) groups excluding carboxylic acids is 3. The number of fused-ring (bicyclic) bond motifs is 1. The Hall–Kier alpha value is -3.06. The fraction of sp³-hybridized carbons (Fsp3) is 0.652. The molecule has 2 aliphatic heterocycles. The number of ether oxygens (including phenoxy) is 3. The number of hydrogen-bond donors (Lipinski definition) is 5. The number of hydrogen-bond acceptors (Lipinski definition) is 15. The van der Waals surface area contributed by atoms with Crippen LogP contribution >= 0.6 is 18.1 Å². The van der Waals surface area contributed by atoms with E-state index in [-0.39, 0.29) is 28.7 Å². The summed E-state index contributed by atoms with van der Waals surface area (Å²) >= 11 is 0.686. The minimum absolute atomic E-state index is 0.0942. The van der Waals surface area contributed by atoms with Gasteiger partial charge in [0.05, 0.1) is 26.1 Å². The third-order valence-electron chi connectivity index (χ3n) is 6.80. The van der Waals surface area contributed by atoms with E-state index in [1.54, 1.807) is 13.8 Å². The molecule has 6 N–H and O–H groups in total. The van der Waals surface area contributed by atoms with Crippen LogP contribution in [0.4, 0.5) is 10.7 Å². The first kappa shape index (κ1) is 32.8. The van der Waals surface area contributed by atoms with Crippen molar-refractivity contribution in [3.63, 3.8) is 0 Å². The minimum Gasteiger partial charge on any atom is -0.479 e. The number of rotatable bonds is 12. The van der Waals surface area contributed by atoms with Gasteiger partial charge < -0.3 is 39.6 Å². The smallest absolute Gasteiger partial charge is 0.327 e. The largest absolute Gasteiger partial charge is 0.479 e. The van der Waals surface area contributed by atoms with Gasteiger partial charge in [-0.05, 0) is 27.7 Å². The summed E-state index contributed by atoms with van der Waals surface area (Å²) in [5.41, 5.74) is 4.27. The average Bonchev–Trinajstić information content (AvgIpc) is 3.52. The molecule has 2 aromatic rings. The van der Waals surface area contributed by atoms with Crippen LogP contribution in [-0.2, 0) is 28.2 Å². The van der Waals surface area contributed by atoms with Crippen molar-refractivity contribution in [2.24, 2.45) is 0 Å². The van der Waals surface area contributed by atoms with E-state index in [9.17, 15) is 29.2 Å². The van der Waals surface area contributed by atoms with Crippen LogP contribution < -0.4 is 20.9 Å². The van der Waals surface area contributed by atoms with Crippen molar-refractivity contribution in [1.29, 1.82) is 0 Å². The second kappa shape index (κ2) is 12.5. The topological polar surface area (TPSA) is 243 Å². The number of likely N-dealkylation sites (N-methyl/N-ethyl adjacent to an activating group) is 1. The number of esters is 1. The van der Waals surface area contributed by atoms with E-state index >= 15 is 0 Å². The monoisotopic (exact) mass is 646 g/mol. The highest BCUT2D eigenvalue weighted by atomic mass is 32.7. The van der Waals surface area contributed by atoms with Crippen molar-refractivity contribution in [2.75, 3.05) is 32.3 Å². The number of imidazole rings is 1. The number of carbonyl (C=O) groups is 3. The van der Waals surface area contributed by atoms with Crippen LogP contribution in [0, 0.1) is 0 Å². The normalized spacial score (nSPS) is 27.9. The number of nitrogen functional groups attached to an aromatic ring is 1. The van der Waals surface area contributed by atoms with E-state index in [4.69, 9.17) is 24.5 Å². The Kier molecular flexibility index (Phi) is 9.55. The number of aliphatic hydroxyl groups excluding tert-OH is 1. The Morgan fingerprint density at radius 3 is 2.65 bits per heavy atom. The minimum atomic E-state index is -4.05. The maximum absolute atomic E-state index is 14.0. The van der Waals surface area contributed by atoms with Crippen LogP contribution in [0.15, 0.2) is 6.33 Å². The van der Waals surface area contributed by atoms with Crippen molar-refractivity contribution in [3.05, 3.63) is 6.33 Å². The van der Waals surface area contributed by atoms with E-state index in [0.717, 1.165) is 4.90 Å². The molecule has 7 atom stereocenters. The van der Waals surface area contributed by atoms with Gasteiger partial charge >= 0.3 is 18.7 Å². The molecule has 43 heavy (non-hydrogen) atoms. The Morgan fingerprint density at radius 1 is 1.35 bits per heavy atom. The summed E-state index contributed by atoms with van der Waals surface area (Å²) in [4.78, 5) is 50.1. The summed E-state index contributed by atoms with van der Waals surface area (Å²) in [6, 6.07) is -2.66. The summed E-state index contributed by atoms with van der Waals surface area (Å²) in [7, 11) is 2.79. The van der Waals surface area contributed by atoms with Crippen LogP contribution in [-0.4, -0.2) is 115 Å². The lowest BCUT2D eigenvalue weighted by Crippen LogP contribution is -2.44. The molecule has 0 aromatic carbocycles. The number of urea groups is 1. The Labute approximate surface area is 250 Å². The van der Waals surface area contributed by atoms with Crippen LogP contribution in [0.5, 0.6) is 5.88 Å². The van der Waals surface area contributed by atoms with Gasteiger partial charge in [-0.15, -0.1) is 0 Å². The van der Waals surface area contributed by atoms with Crippen LogP contribution in [0.1, 0.15) is 33.9 Å². The molecule has 3 amide bonds. The van der Waals surface area contributed by atoms with E-state index in [0.29, 0.717) is 11.4 Å². The zero-order valence-corrected chi connectivity index (χ0v) is 26.0. The van der Waals surface area contributed by atoms with E-state index < -0.39 is 73.5 Å². The quantitative estimate of drug-likeness (QED) is 0.114. The third kappa shape index (κ3) is 6.72. The fourth-order valence-corrected chi connectivity index (χ4v) is 8.43. The first-order valence-corrected chi connectivity index (χ1v) is 16.3. The molecule has 0 radical (unpaired) electrons. The summed E-state index contributed by atoms with van der Waals surface area (Å²) in [6.45, 7) is 1.49. The molecule has 18 nitrogen and oxygen atoms in total. The fourth-order valence-electron chi connectivity index (χ4n) is 4.46. The van der Waals surface area contributed by atoms with Crippen molar-refractivity contribution in [2.45, 2.75) is 69.9 Å².